The van der Waals surface area contributed by atoms with Crippen molar-refractivity contribution >= 4 is 23.2 Å². The summed E-state index contributed by atoms with van der Waals surface area (Å²) in [4.78, 5) is 5.50. The van der Waals surface area contributed by atoms with Gasteiger partial charge in [0, 0.05) is 11.6 Å². The average Bonchev–Trinajstić information content (AvgIpc) is 3.25. The van der Waals surface area contributed by atoms with E-state index in [1.54, 1.807) is 13.4 Å². The van der Waals surface area contributed by atoms with Crippen LogP contribution in [0.3, 0.4) is 0 Å². The Morgan fingerprint density at radius 3 is 2.80 bits per heavy atom. The molecule has 0 radical (unpaired) electrons. The molecule has 1 aromatic carbocycles. The summed E-state index contributed by atoms with van der Waals surface area (Å²) >= 11 is 1.51. The second kappa shape index (κ2) is 7.98. The molecule has 0 aliphatic carbocycles. The van der Waals surface area contributed by atoms with Crippen LogP contribution < -0.4 is 9.54 Å². The van der Waals surface area contributed by atoms with Gasteiger partial charge in [-0.2, -0.15) is 5.10 Å². The molecule has 0 fully saturated rings. The first-order chi connectivity index (χ1) is 12.2. The first-order valence-electron chi connectivity index (χ1n) is 8.14. The maximum absolute atomic E-state index is 5.54. The fourth-order valence-electron chi connectivity index (χ4n) is 2.25. The highest BCUT2D eigenvalue weighted by Crippen LogP contribution is 2.26. The molecule has 0 unspecified atom stereocenters. The Morgan fingerprint density at radius 1 is 1.24 bits per heavy atom. The third kappa shape index (κ3) is 4.09. The van der Waals surface area contributed by atoms with Crippen molar-refractivity contribution < 1.29 is 9.15 Å². The third-order valence-electron chi connectivity index (χ3n) is 3.53. The lowest BCUT2D eigenvalue weighted by atomic mass is 10.2. The first kappa shape index (κ1) is 17.2. The van der Waals surface area contributed by atoms with Gasteiger partial charge in [-0.1, -0.05) is 26.0 Å². The van der Waals surface area contributed by atoms with Gasteiger partial charge in [-0.3, -0.25) is 0 Å². The summed E-state index contributed by atoms with van der Waals surface area (Å²) < 4.78 is 12.8. The summed E-state index contributed by atoms with van der Waals surface area (Å²) in [5.74, 6) is 2.04. The molecule has 0 saturated heterocycles. The van der Waals surface area contributed by atoms with Crippen molar-refractivity contribution in [2.45, 2.75) is 20.3 Å². The van der Waals surface area contributed by atoms with Crippen LogP contribution in [0.25, 0.3) is 11.5 Å². The van der Waals surface area contributed by atoms with Crippen LogP contribution in [0.2, 0.25) is 0 Å². The summed E-state index contributed by atoms with van der Waals surface area (Å²) in [7, 11) is 1.64. The summed E-state index contributed by atoms with van der Waals surface area (Å²) in [6, 6.07) is 11.5. The van der Waals surface area contributed by atoms with Gasteiger partial charge < -0.3 is 9.15 Å². The maximum atomic E-state index is 5.54. The largest absolute Gasteiger partial charge is 0.494 e. The number of rotatable bonds is 6. The van der Waals surface area contributed by atoms with Gasteiger partial charge in [0.15, 0.2) is 5.76 Å². The standard InChI is InChI=1S/C19H21N3O2S/c1-14(2)10-11-20-22-16(18-9-6-12-24-18)13-25-19(22)21-15-7-4-5-8-17(15)23-3/h4-9,11-14H,10H2,1-3H3. The Hall–Kier alpha value is -2.60. The number of benzene rings is 1. The predicted molar refractivity (Wildman–Crippen MR) is 102 cm³/mol. The Labute approximate surface area is 150 Å². The lowest BCUT2D eigenvalue weighted by molar-refractivity contribution is 0.416. The van der Waals surface area contributed by atoms with Gasteiger partial charge in [-0.25, -0.2) is 9.67 Å². The van der Waals surface area contributed by atoms with E-state index in [4.69, 9.17) is 14.1 Å². The summed E-state index contributed by atoms with van der Waals surface area (Å²) in [5, 5.41) is 6.62. The van der Waals surface area contributed by atoms with Gasteiger partial charge in [0.05, 0.1) is 13.4 Å². The highest BCUT2D eigenvalue weighted by atomic mass is 32.1. The van der Waals surface area contributed by atoms with Gasteiger partial charge in [-0.15, -0.1) is 11.3 Å². The molecule has 2 aromatic heterocycles. The lowest BCUT2D eigenvalue weighted by Gasteiger charge is -2.04. The van der Waals surface area contributed by atoms with Crippen molar-refractivity contribution in [2.24, 2.45) is 16.0 Å². The zero-order chi connectivity index (χ0) is 17.6. The van der Waals surface area contributed by atoms with E-state index in [9.17, 15) is 0 Å². The Morgan fingerprint density at radius 2 is 2.08 bits per heavy atom. The summed E-state index contributed by atoms with van der Waals surface area (Å²) in [6.45, 7) is 4.33. The molecular formula is C19H21N3O2S. The van der Waals surface area contributed by atoms with Crippen molar-refractivity contribution in [2.75, 3.05) is 7.11 Å². The monoisotopic (exact) mass is 355 g/mol. The molecule has 5 nitrogen and oxygen atoms in total. The molecule has 0 aliphatic rings. The van der Waals surface area contributed by atoms with Gasteiger partial charge in [0.1, 0.15) is 17.1 Å². The first-order valence-corrected chi connectivity index (χ1v) is 9.02. The van der Waals surface area contributed by atoms with Gasteiger partial charge in [-0.05, 0) is 36.6 Å². The molecule has 2 heterocycles. The van der Waals surface area contributed by atoms with E-state index < -0.39 is 0 Å². The number of thiazole rings is 1. The second-order valence-corrected chi connectivity index (χ2v) is 6.74. The minimum absolute atomic E-state index is 0.546. The predicted octanol–water partition coefficient (Wildman–Crippen LogP) is 4.93. The van der Waals surface area contributed by atoms with Crippen LogP contribution in [0.15, 0.2) is 62.6 Å². The quantitative estimate of drug-likeness (QED) is 0.589. The highest BCUT2D eigenvalue weighted by molar-refractivity contribution is 7.07. The number of methoxy groups -OCH3 is 1. The third-order valence-corrected chi connectivity index (χ3v) is 4.35. The highest BCUT2D eigenvalue weighted by Gasteiger charge is 2.10. The molecule has 0 saturated carbocycles. The second-order valence-electron chi connectivity index (χ2n) is 5.90. The zero-order valence-electron chi connectivity index (χ0n) is 14.5. The van der Waals surface area contributed by atoms with Crippen LogP contribution in [0, 0.1) is 5.92 Å². The van der Waals surface area contributed by atoms with Crippen LogP contribution in [0.1, 0.15) is 20.3 Å². The fourth-order valence-corrected chi connectivity index (χ4v) is 3.08. The molecule has 3 aromatic rings. The smallest absolute Gasteiger partial charge is 0.211 e. The molecule has 0 bridgehead atoms. The Kier molecular flexibility index (Phi) is 5.50. The average molecular weight is 355 g/mol. The van der Waals surface area contributed by atoms with Crippen LogP contribution in [-0.2, 0) is 0 Å². The van der Waals surface area contributed by atoms with E-state index in [-0.39, 0.29) is 0 Å². The number of furan rings is 1. The van der Waals surface area contributed by atoms with Gasteiger partial charge >= 0.3 is 0 Å². The fraction of sp³-hybridized carbons (Fsp3) is 0.263. The number of ether oxygens (including phenoxy) is 1. The molecule has 0 atom stereocenters. The van der Waals surface area contributed by atoms with E-state index in [0.717, 1.165) is 34.1 Å². The number of hydrogen-bond donors (Lipinski definition) is 0. The van der Waals surface area contributed by atoms with Crippen LogP contribution in [0.4, 0.5) is 5.69 Å². The zero-order valence-corrected chi connectivity index (χ0v) is 15.4. The minimum Gasteiger partial charge on any atom is -0.494 e. The lowest BCUT2D eigenvalue weighted by Crippen LogP contribution is -2.11. The van der Waals surface area contributed by atoms with Gasteiger partial charge in [0.2, 0.25) is 4.80 Å². The number of para-hydroxylation sites is 2. The maximum Gasteiger partial charge on any atom is 0.211 e. The van der Waals surface area contributed by atoms with Crippen molar-refractivity contribution in [3.8, 4) is 17.2 Å². The molecule has 0 amide bonds. The van der Waals surface area contributed by atoms with Crippen molar-refractivity contribution in [1.82, 2.24) is 4.68 Å². The van der Waals surface area contributed by atoms with E-state index in [1.807, 2.05) is 52.7 Å². The molecule has 0 aliphatic heterocycles. The molecule has 130 valence electrons. The van der Waals surface area contributed by atoms with E-state index in [2.05, 4.69) is 18.9 Å². The summed E-state index contributed by atoms with van der Waals surface area (Å²) in [5.41, 5.74) is 1.65. The molecule has 0 N–H and O–H groups in total. The van der Waals surface area contributed by atoms with E-state index in [1.165, 1.54) is 11.3 Å². The number of hydrogen-bond acceptors (Lipinski definition) is 5. The molecule has 0 spiro atoms. The van der Waals surface area contributed by atoms with Crippen molar-refractivity contribution in [3.05, 3.63) is 52.8 Å². The number of nitrogens with zero attached hydrogens (tertiary/aromatic N) is 3. The molecule has 25 heavy (non-hydrogen) atoms. The number of aromatic nitrogens is 1. The Bertz CT molecular complexity index is 905. The van der Waals surface area contributed by atoms with Crippen LogP contribution in [0.5, 0.6) is 5.75 Å². The molecule has 6 heteroatoms. The van der Waals surface area contributed by atoms with Crippen LogP contribution in [-0.4, -0.2) is 18.0 Å². The minimum atomic E-state index is 0.546. The summed E-state index contributed by atoms with van der Waals surface area (Å²) in [6.07, 6.45) is 4.48. The Balaban J connectivity index is 2.10. The van der Waals surface area contributed by atoms with Crippen molar-refractivity contribution in [3.63, 3.8) is 0 Å². The topological polar surface area (TPSA) is 52.0 Å². The van der Waals surface area contributed by atoms with Crippen LogP contribution >= 0.6 is 11.3 Å². The van der Waals surface area contributed by atoms with E-state index >= 15 is 0 Å². The normalized spacial score (nSPS) is 12.4. The molecule has 3 rings (SSSR count). The van der Waals surface area contributed by atoms with E-state index in [0.29, 0.717) is 5.92 Å². The SMILES string of the molecule is COc1ccccc1N=c1scc(-c2ccco2)n1N=CCC(C)C. The van der Waals surface area contributed by atoms with Crippen molar-refractivity contribution in [1.29, 1.82) is 0 Å². The molecular weight excluding hydrogens is 334 g/mol. The van der Waals surface area contributed by atoms with Gasteiger partial charge in [0.25, 0.3) is 0 Å².